The van der Waals surface area contributed by atoms with Crippen molar-refractivity contribution in [3.8, 4) is 0 Å². The number of carbonyl (C=O) groups excluding carboxylic acids is 4. The van der Waals surface area contributed by atoms with E-state index in [1.54, 1.807) is 12.1 Å². The normalized spacial score (nSPS) is 15.8. The molecule has 0 radical (unpaired) electrons. The minimum Gasteiger partial charge on any atom is -0.465 e. The average molecular weight is 406 g/mol. The largest absolute Gasteiger partial charge is 0.465 e. The SMILES string of the molecule is C=CCN(C(=O)c1ccccc1C)C1CC(=O)N(c2ccc(C(=O)OC)cc2)C1=O. The number of methoxy groups -OCH3 is 1. The van der Waals surface area contributed by atoms with E-state index in [0.29, 0.717) is 16.8 Å². The molecule has 2 aromatic rings. The first-order valence-corrected chi connectivity index (χ1v) is 9.41. The molecule has 1 saturated heterocycles. The highest BCUT2D eigenvalue weighted by Crippen LogP contribution is 2.27. The van der Waals surface area contributed by atoms with Crippen molar-refractivity contribution in [2.75, 3.05) is 18.6 Å². The molecule has 1 heterocycles. The lowest BCUT2D eigenvalue weighted by atomic mass is 10.1. The van der Waals surface area contributed by atoms with Crippen molar-refractivity contribution in [2.24, 2.45) is 0 Å². The summed E-state index contributed by atoms with van der Waals surface area (Å²) in [6.07, 6.45) is 1.41. The number of rotatable bonds is 6. The molecule has 0 aliphatic carbocycles. The second kappa shape index (κ2) is 8.73. The standard InChI is InChI=1S/C23H22N2O5/c1-4-13-24(21(27)18-8-6-5-7-15(18)2)19-14-20(26)25(22(19)28)17-11-9-16(10-12-17)23(29)30-3/h4-12,19H,1,13-14H2,2-3H3. The molecule has 1 atom stereocenters. The Morgan fingerprint density at radius 2 is 1.83 bits per heavy atom. The lowest BCUT2D eigenvalue weighted by Crippen LogP contribution is -2.45. The number of amides is 3. The van der Waals surface area contributed by atoms with E-state index < -0.39 is 23.8 Å². The van der Waals surface area contributed by atoms with Crippen LogP contribution in [0, 0.1) is 6.92 Å². The zero-order valence-corrected chi connectivity index (χ0v) is 16.8. The number of anilines is 1. The molecular weight excluding hydrogens is 384 g/mol. The number of ether oxygens (including phenoxy) is 1. The number of hydrogen-bond acceptors (Lipinski definition) is 5. The van der Waals surface area contributed by atoms with Gasteiger partial charge in [0.15, 0.2) is 0 Å². The summed E-state index contributed by atoms with van der Waals surface area (Å²) < 4.78 is 4.66. The predicted octanol–water partition coefficient (Wildman–Crippen LogP) is 2.74. The van der Waals surface area contributed by atoms with Gasteiger partial charge in [0.25, 0.3) is 11.8 Å². The van der Waals surface area contributed by atoms with E-state index in [1.807, 2.05) is 19.1 Å². The van der Waals surface area contributed by atoms with Gasteiger partial charge in [-0.1, -0.05) is 24.3 Å². The average Bonchev–Trinajstić information content (AvgIpc) is 3.05. The molecule has 0 spiro atoms. The Morgan fingerprint density at radius 1 is 1.17 bits per heavy atom. The van der Waals surface area contributed by atoms with E-state index in [9.17, 15) is 19.2 Å². The lowest BCUT2D eigenvalue weighted by Gasteiger charge is -2.27. The Morgan fingerprint density at radius 3 is 2.43 bits per heavy atom. The number of benzene rings is 2. The maximum absolute atomic E-state index is 13.1. The van der Waals surface area contributed by atoms with Gasteiger partial charge in [0.05, 0.1) is 24.8 Å². The van der Waals surface area contributed by atoms with E-state index in [0.717, 1.165) is 10.5 Å². The topological polar surface area (TPSA) is 84.0 Å². The Bertz CT molecular complexity index is 1010. The van der Waals surface area contributed by atoms with Gasteiger partial charge in [-0.3, -0.25) is 14.4 Å². The Hall–Kier alpha value is -3.74. The van der Waals surface area contributed by atoms with Crippen LogP contribution < -0.4 is 4.90 Å². The molecular formula is C23H22N2O5. The predicted molar refractivity (Wildman–Crippen MR) is 111 cm³/mol. The molecule has 0 aromatic heterocycles. The molecule has 2 aromatic carbocycles. The van der Waals surface area contributed by atoms with Crippen LogP contribution in [0.3, 0.4) is 0 Å². The van der Waals surface area contributed by atoms with Crippen molar-refractivity contribution in [3.05, 3.63) is 77.9 Å². The highest BCUT2D eigenvalue weighted by Gasteiger charge is 2.44. The molecule has 0 N–H and O–H groups in total. The zero-order chi connectivity index (χ0) is 21.8. The summed E-state index contributed by atoms with van der Waals surface area (Å²) in [5.74, 6) is -1.75. The summed E-state index contributed by atoms with van der Waals surface area (Å²) in [6, 6.07) is 12.1. The molecule has 1 unspecified atom stereocenters. The molecule has 0 bridgehead atoms. The fraction of sp³-hybridized carbons (Fsp3) is 0.217. The van der Waals surface area contributed by atoms with E-state index in [-0.39, 0.29) is 18.9 Å². The third-order valence-electron chi connectivity index (χ3n) is 5.01. The van der Waals surface area contributed by atoms with Crippen LogP contribution in [0.2, 0.25) is 0 Å². The third-order valence-corrected chi connectivity index (χ3v) is 5.01. The van der Waals surface area contributed by atoms with Gasteiger partial charge in [-0.25, -0.2) is 9.69 Å². The van der Waals surface area contributed by atoms with Gasteiger partial charge in [-0.05, 0) is 42.8 Å². The summed E-state index contributed by atoms with van der Waals surface area (Å²) in [4.78, 5) is 52.9. The Balaban J connectivity index is 1.89. The van der Waals surface area contributed by atoms with Gasteiger partial charge in [-0.2, -0.15) is 0 Å². The Kier molecular flexibility index (Phi) is 6.11. The highest BCUT2D eigenvalue weighted by atomic mass is 16.5. The number of aryl methyl sites for hydroxylation is 1. The van der Waals surface area contributed by atoms with Gasteiger partial charge >= 0.3 is 5.97 Å². The van der Waals surface area contributed by atoms with Crippen LogP contribution in [-0.4, -0.2) is 48.3 Å². The van der Waals surface area contributed by atoms with Gasteiger partial charge in [0.1, 0.15) is 6.04 Å². The first kappa shape index (κ1) is 21.0. The molecule has 30 heavy (non-hydrogen) atoms. The summed E-state index contributed by atoms with van der Waals surface area (Å²) in [7, 11) is 1.27. The Labute approximate surface area is 174 Å². The molecule has 7 nitrogen and oxygen atoms in total. The van der Waals surface area contributed by atoms with Crippen LogP contribution in [0.5, 0.6) is 0 Å². The number of carbonyl (C=O) groups is 4. The molecule has 0 saturated carbocycles. The van der Waals surface area contributed by atoms with Crippen molar-refractivity contribution < 1.29 is 23.9 Å². The highest BCUT2D eigenvalue weighted by molar-refractivity contribution is 6.23. The minimum absolute atomic E-state index is 0.122. The first-order chi connectivity index (χ1) is 14.4. The second-order valence-corrected chi connectivity index (χ2v) is 6.89. The van der Waals surface area contributed by atoms with Crippen molar-refractivity contribution in [2.45, 2.75) is 19.4 Å². The summed E-state index contributed by atoms with van der Waals surface area (Å²) in [6.45, 7) is 5.62. The van der Waals surface area contributed by atoms with Gasteiger partial charge in [-0.15, -0.1) is 6.58 Å². The van der Waals surface area contributed by atoms with E-state index >= 15 is 0 Å². The van der Waals surface area contributed by atoms with Gasteiger partial charge in [0.2, 0.25) is 5.91 Å². The van der Waals surface area contributed by atoms with E-state index in [4.69, 9.17) is 0 Å². The smallest absolute Gasteiger partial charge is 0.337 e. The summed E-state index contributed by atoms with van der Waals surface area (Å²) >= 11 is 0. The maximum atomic E-state index is 13.1. The second-order valence-electron chi connectivity index (χ2n) is 6.89. The van der Waals surface area contributed by atoms with Gasteiger partial charge < -0.3 is 9.64 Å². The fourth-order valence-corrected chi connectivity index (χ4v) is 3.45. The number of imide groups is 1. The summed E-state index contributed by atoms with van der Waals surface area (Å²) in [5, 5.41) is 0. The molecule has 154 valence electrons. The summed E-state index contributed by atoms with van der Waals surface area (Å²) in [5.41, 5.74) is 1.89. The molecule has 3 rings (SSSR count). The van der Waals surface area contributed by atoms with Crippen molar-refractivity contribution in [1.82, 2.24) is 4.90 Å². The van der Waals surface area contributed by atoms with Gasteiger partial charge in [0, 0.05) is 12.1 Å². The molecule has 1 aliphatic rings. The number of nitrogens with zero attached hydrogens (tertiary/aromatic N) is 2. The first-order valence-electron chi connectivity index (χ1n) is 9.41. The number of hydrogen-bond donors (Lipinski definition) is 0. The fourth-order valence-electron chi connectivity index (χ4n) is 3.45. The van der Waals surface area contributed by atoms with Crippen LogP contribution in [0.4, 0.5) is 5.69 Å². The lowest BCUT2D eigenvalue weighted by molar-refractivity contribution is -0.122. The molecule has 3 amide bonds. The van der Waals surface area contributed by atoms with Crippen LogP contribution in [0.25, 0.3) is 0 Å². The van der Waals surface area contributed by atoms with E-state index in [2.05, 4.69) is 11.3 Å². The third kappa shape index (κ3) is 3.87. The molecule has 7 heteroatoms. The molecule has 1 fully saturated rings. The maximum Gasteiger partial charge on any atom is 0.337 e. The van der Waals surface area contributed by atoms with Crippen molar-refractivity contribution in [3.63, 3.8) is 0 Å². The van der Waals surface area contributed by atoms with Crippen LogP contribution in [0.1, 0.15) is 32.7 Å². The molecule has 1 aliphatic heterocycles. The zero-order valence-electron chi connectivity index (χ0n) is 16.8. The number of esters is 1. The monoisotopic (exact) mass is 406 g/mol. The van der Waals surface area contributed by atoms with Crippen molar-refractivity contribution >= 4 is 29.4 Å². The van der Waals surface area contributed by atoms with Crippen LogP contribution in [-0.2, 0) is 14.3 Å². The van der Waals surface area contributed by atoms with Crippen molar-refractivity contribution in [1.29, 1.82) is 0 Å². The minimum atomic E-state index is -0.928. The van der Waals surface area contributed by atoms with Crippen LogP contribution in [0.15, 0.2) is 61.2 Å². The van der Waals surface area contributed by atoms with E-state index in [1.165, 1.54) is 42.4 Å². The van der Waals surface area contributed by atoms with Crippen LogP contribution >= 0.6 is 0 Å². The quantitative estimate of drug-likeness (QED) is 0.418.